The van der Waals surface area contributed by atoms with Crippen LogP contribution in [0.25, 0.3) is 0 Å². The van der Waals surface area contributed by atoms with Crippen LogP contribution in [-0.4, -0.2) is 17.7 Å². The molecule has 0 saturated carbocycles. The van der Waals surface area contributed by atoms with E-state index in [2.05, 4.69) is 24.8 Å². The van der Waals surface area contributed by atoms with Crippen molar-refractivity contribution in [3.8, 4) is 6.07 Å². The van der Waals surface area contributed by atoms with Gasteiger partial charge in [0.2, 0.25) is 0 Å². The first-order valence-corrected chi connectivity index (χ1v) is 6.52. The van der Waals surface area contributed by atoms with Gasteiger partial charge in [-0.2, -0.15) is 5.26 Å². The zero-order chi connectivity index (χ0) is 13.5. The molecule has 0 spiro atoms. The maximum absolute atomic E-state index is 10.1. The van der Waals surface area contributed by atoms with Crippen LogP contribution in [0.2, 0.25) is 0 Å². The zero-order valence-corrected chi connectivity index (χ0v) is 11.4. The SMILES string of the molecule is CCC(O)c1ccccc1N(CCC#N)C(C)C. The van der Waals surface area contributed by atoms with Crippen molar-refractivity contribution < 1.29 is 5.11 Å². The minimum absolute atomic E-state index is 0.309. The van der Waals surface area contributed by atoms with Crippen molar-refractivity contribution in [2.24, 2.45) is 0 Å². The van der Waals surface area contributed by atoms with Crippen molar-refractivity contribution >= 4 is 5.69 Å². The first-order chi connectivity index (χ1) is 8.61. The second-order valence-corrected chi connectivity index (χ2v) is 4.68. The predicted octanol–water partition coefficient (Wildman–Crippen LogP) is 3.26. The fourth-order valence-corrected chi connectivity index (χ4v) is 2.08. The average molecular weight is 246 g/mol. The third kappa shape index (κ3) is 3.48. The van der Waals surface area contributed by atoms with Crippen LogP contribution in [0.4, 0.5) is 5.69 Å². The van der Waals surface area contributed by atoms with Crippen LogP contribution < -0.4 is 4.90 Å². The van der Waals surface area contributed by atoms with Gasteiger partial charge in [-0.05, 0) is 26.3 Å². The highest BCUT2D eigenvalue weighted by Crippen LogP contribution is 2.29. The maximum Gasteiger partial charge on any atom is 0.0807 e. The molecule has 3 nitrogen and oxygen atoms in total. The molecule has 0 bridgehead atoms. The maximum atomic E-state index is 10.1. The van der Waals surface area contributed by atoms with E-state index < -0.39 is 6.10 Å². The molecule has 0 aliphatic rings. The summed E-state index contributed by atoms with van der Waals surface area (Å²) < 4.78 is 0. The van der Waals surface area contributed by atoms with Gasteiger partial charge in [-0.25, -0.2) is 0 Å². The zero-order valence-electron chi connectivity index (χ0n) is 11.4. The Morgan fingerprint density at radius 3 is 2.56 bits per heavy atom. The summed E-state index contributed by atoms with van der Waals surface area (Å²) in [6.07, 6.45) is 0.750. The molecule has 98 valence electrons. The molecular weight excluding hydrogens is 224 g/mol. The smallest absolute Gasteiger partial charge is 0.0807 e. The summed E-state index contributed by atoms with van der Waals surface area (Å²) in [5.41, 5.74) is 1.99. The Hall–Kier alpha value is -1.53. The highest BCUT2D eigenvalue weighted by atomic mass is 16.3. The van der Waals surface area contributed by atoms with Crippen LogP contribution in [0.15, 0.2) is 24.3 Å². The number of nitriles is 1. The van der Waals surface area contributed by atoms with Gasteiger partial charge in [-0.3, -0.25) is 0 Å². The Bertz CT molecular complexity index is 409. The lowest BCUT2D eigenvalue weighted by Crippen LogP contribution is -2.32. The Kier molecular flexibility index (Phi) is 5.67. The van der Waals surface area contributed by atoms with Crippen molar-refractivity contribution in [2.75, 3.05) is 11.4 Å². The third-order valence-electron chi connectivity index (χ3n) is 3.08. The van der Waals surface area contributed by atoms with Gasteiger partial charge in [0, 0.05) is 23.8 Å². The average Bonchev–Trinajstić information content (AvgIpc) is 2.38. The van der Waals surface area contributed by atoms with Gasteiger partial charge < -0.3 is 10.0 Å². The Morgan fingerprint density at radius 2 is 2.00 bits per heavy atom. The monoisotopic (exact) mass is 246 g/mol. The summed E-state index contributed by atoms with van der Waals surface area (Å²) in [6.45, 7) is 6.87. The number of rotatable bonds is 6. The number of para-hydroxylation sites is 1. The number of nitrogens with zero attached hydrogens (tertiary/aromatic N) is 2. The summed E-state index contributed by atoms with van der Waals surface area (Å²) in [4.78, 5) is 2.18. The molecule has 3 heteroatoms. The largest absolute Gasteiger partial charge is 0.388 e. The van der Waals surface area contributed by atoms with E-state index in [1.54, 1.807) is 0 Å². The molecule has 1 N–H and O–H groups in total. The topological polar surface area (TPSA) is 47.3 Å². The highest BCUT2D eigenvalue weighted by molar-refractivity contribution is 5.55. The van der Waals surface area contributed by atoms with Gasteiger partial charge in [0.1, 0.15) is 0 Å². The number of hydrogen-bond donors (Lipinski definition) is 1. The lowest BCUT2D eigenvalue weighted by Gasteiger charge is -2.31. The number of aliphatic hydroxyl groups excluding tert-OH is 1. The molecule has 1 atom stereocenters. The molecule has 0 radical (unpaired) electrons. The summed E-state index contributed by atoms with van der Waals surface area (Å²) in [5.74, 6) is 0. The molecule has 1 aromatic rings. The van der Waals surface area contributed by atoms with Crippen LogP contribution in [-0.2, 0) is 0 Å². The minimum Gasteiger partial charge on any atom is -0.388 e. The predicted molar refractivity (Wildman–Crippen MR) is 74.4 cm³/mol. The summed E-state index contributed by atoms with van der Waals surface area (Å²) in [7, 11) is 0. The third-order valence-corrected chi connectivity index (χ3v) is 3.08. The molecule has 0 fully saturated rings. The lowest BCUT2D eigenvalue weighted by atomic mass is 10.0. The minimum atomic E-state index is -0.440. The number of hydrogen-bond acceptors (Lipinski definition) is 3. The van der Waals surface area contributed by atoms with Gasteiger partial charge in [0.05, 0.1) is 18.6 Å². The van der Waals surface area contributed by atoms with Gasteiger partial charge in [0.25, 0.3) is 0 Å². The normalized spacial score (nSPS) is 12.2. The summed E-state index contributed by atoms with van der Waals surface area (Å²) in [6, 6.07) is 10.4. The second kappa shape index (κ2) is 7.03. The second-order valence-electron chi connectivity index (χ2n) is 4.68. The number of aliphatic hydroxyl groups is 1. The Balaban J connectivity index is 3.07. The van der Waals surface area contributed by atoms with Crippen molar-refractivity contribution in [3.05, 3.63) is 29.8 Å². The number of benzene rings is 1. The molecule has 0 heterocycles. The molecule has 0 aliphatic carbocycles. The molecule has 0 amide bonds. The van der Waals surface area contributed by atoms with Gasteiger partial charge in [-0.15, -0.1) is 0 Å². The molecule has 1 aromatic carbocycles. The van der Waals surface area contributed by atoms with E-state index in [9.17, 15) is 5.11 Å². The van der Waals surface area contributed by atoms with E-state index >= 15 is 0 Å². The van der Waals surface area contributed by atoms with Gasteiger partial charge >= 0.3 is 0 Å². The molecule has 1 rings (SSSR count). The van der Waals surface area contributed by atoms with E-state index in [-0.39, 0.29) is 0 Å². The van der Waals surface area contributed by atoms with E-state index in [0.29, 0.717) is 25.4 Å². The van der Waals surface area contributed by atoms with Crippen molar-refractivity contribution in [1.82, 2.24) is 0 Å². The van der Waals surface area contributed by atoms with Gasteiger partial charge in [-0.1, -0.05) is 25.1 Å². The van der Waals surface area contributed by atoms with E-state index in [1.807, 2.05) is 31.2 Å². The van der Waals surface area contributed by atoms with Crippen LogP contribution in [0.1, 0.15) is 45.3 Å². The lowest BCUT2D eigenvalue weighted by molar-refractivity contribution is 0.174. The van der Waals surface area contributed by atoms with Crippen LogP contribution in [0.5, 0.6) is 0 Å². The molecule has 18 heavy (non-hydrogen) atoms. The van der Waals surface area contributed by atoms with E-state index in [4.69, 9.17) is 5.26 Å². The van der Waals surface area contributed by atoms with Crippen molar-refractivity contribution in [3.63, 3.8) is 0 Å². The highest BCUT2D eigenvalue weighted by Gasteiger charge is 2.17. The fraction of sp³-hybridized carbons (Fsp3) is 0.533. The Labute approximate surface area is 110 Å². The molecule has 0 aromatic heterocycles. The summed E-state index contributed by atoms with van der Waals surface area (Å²) >= 11 is 0. The van der Waals surface area contributed by atoms with E-state index in [1.165, 1.54) is 0 Å². The first kappa shape index (κ1) is 14.5. The molecule has 0 saturated heterocycles. The van der Waals surface area contributed by atoms with Crippen LogP contribution in [0, 0.1) is 11.3 Å². The van der Waals surface area contributed by atoms with Crippen LogP contribution in [0.3, 0.4) is 0 Å². The standard InChI is InChI=1S/C15H22N2O/c1-4-15(18)13-8-5-6-9-14(13)17(12(2)3)11-7-10-16/h5-6,8-9,12,15,18H,4,7,11H2,1-3H3. The van der Waals surface area contributed by atoms with E-state index in [0.717, 1.165) is 11.3 Å². The summed E-state index contributed by atoms with van der Waals surface area (Å²) in [5, 5.41) is 18.8. The molecule has 0 aliphatic heterocycles. The quantitative estimate of drug-likeness (QED) is 0.838. The fourth-order valence-electron chi connectivity index (χ4n) is 2.08. The van der Waals surface area contributed by atoms with Crippen molar-refractivity contribution in [1.29, 1.82) is 5.26 Å². The molecule has 1 unspecified atom stereocenters. The van der Waals surface area contributed by atoms with Gasteiger partial charge in [0.15, 0.2) is 0 Å². The van der Waals surface area contributed by atoms with Crippen molar-refractivity contribution in [2.45, 2.75) is 45.8 Å². The van der Waals surface area contributed by atoms with Crippen LogP contribution >= 0.6 is 0 Å². The first-order valence-electron chi connectivity index (χ1n) is 6.52. The Morgan fingerprint density at radius 1 is 1.33 bits per heavy atom. The molecular formula is C15H22N2O. The number of anilines is 1.